The van der Waals surface area contributed by atoms with Crippen LogP contribution in [-0.4, -0.2) is 0 Å². The van der Waals surface area contributed by atoms with Crippen LogP contribution in [-0.2, 0) is 35.5 Å². The van der Waals surface area contributed by atoms with Gasteiger partial charge in [0.05, 0.1) is 22.3 Å². The SMILES string of the molecule is Cc1cc(N(c2ccc(C(F)(F)F)cc2)c2ccc(C(F)(F)F)cc2)cc2c1-c1cc3c(cc1C2(C)C)-c1ccc(N(c2ccc(C(F)(F)F)cc2)c2ccc(C(F)(F)F)cc2)cc1C3(C)C. The molecule has 7 aromatic rings. The summed E-state index contributed by atoms with van der Waals surface area (Å²) in [6.07, 6.45) is -18.4. The molecule has 0 bridgehead atoms. The Labute approximate surface area is 377 Å². The van der Waals surface area contributed by atoms with Gasteiger partial charge in [-0.15, -0.1) is 0 Å². The molecule has 0 saturated heterocycles. The molecule has 2 nitrogen and oxygen atoms in total. The van der Waals surface area contributed by atoms with E-state index in [0.717, 1.165) is 98.6 Å². The molecule has 0 unspecified atom stereocenters. The van der Waals surface area contributed by atoms with Gasteiger partial charge >= 0.3 is 24.7 Å². The van der Waals surface area contributed by atoms with Crippen LogP contribution in [0, 0.1) is 6.92 Å². The molecule has 0 spiro atoms. The highest BCUT2D eigenvalue weighted by molar-refractivity contribution is 5.93. The van der Waals surface area contributed by atoms with Crippen LogP contribution in [0.15, 0.2) is 140 Å². The molecule has 0 saturated carbocycles. The van der Waals surface area contributed by atoms with E-state index in [2.05, 4.69) is 12.1 Å². The summed E-state index contributed by atoms with van der Waals surface area (Å²) in [4.78, 5) is 3.24. The van der Waals surface area contributed by atoms with Gasteiger partial charge in [0.25, 0.3) is 0 Å². The molecular formula is C53H38F12N2. The number of halogens is 12. The zero-order valence-electron chi connectivity index (χ0n) is 36.2. The highest BCUT2D eigenvalue weighted by atomic mass is 19.4. The molecule has 9 rings (SSSR count). The van der Waals surface area contributed by atoms with Crippen molar-refractivity contribution in [3.8, 4) is 22.3 Å². The fourth-order valence-electron chi connectivity index (χ4n) is 9.62. The van der Waals surface area contributed by atoms with E-state index < -0.39 is 57.8 Å². The molecule has 0 amide bonds. The summed E-state index contributed by atoms with van der Waals surface area (Å²) >= 11 is 0. The third-order valence-corrected chi connectivity index (χ3v) is 13.1. The number of alkyl halides is 12. The number of benzene rings is 7. The van der Waals surface area contributed by atoms with Crippen LogP contribution in [0.1, 0.15) is 77.8 Å². The normalized spacial score (nSPS) is 14.9. The molecule has 0 heterocycles. The summed E-state index contributed by atoms with van der Waals surface area (Å²) in [6.45, 7) is 10.1. The molecule has 0 aliphatic heterocycles. The summed E-state index contributed by atoms with van der Waals surface area (Å²) in [5.74, 6) is 0. The van der Waals surface area contributed by atoms with Crippen molar-refractivity contribution in [3.05, 3.63) is 190 Å². The maximum absolute atomic E-state index is 13.6. The molecule has 7 aromatic carbocycles. The zero-order valence-corrected chi connectivity index (χ0v) is 36.2. The van der Waals surface area contributed by atoms with Crippen molar-refractivity contribution in [1.82, 2.24) is 0 Å². The van der Waals surface area contributed by atoms with Crippen molar-refractivity contribution in [3.63, 3.8) is 0 Å². The lowest BCUT2D eigenvalue weighted by Gasteiger charge is -2.29. The molecule has 2 aliphatic carbocycles. The maximum Gasteiger partial charge on any atom is 0.416 e. The third kappa shape index (κ3) is 7.77. The van der Waals surface area contributed by atoms with Gasteiger partial charge in [0, 0.05) is 45.0 Å². The van der Waals surface area contributed by atoms with Crippen LogP contribution in [0.25, 0.3) is 22.3 Å². The molecule has 344 valence electrons. The molecule has 0 atom stereocenters. The summed E-state index contributed by atoms with van der Waals surface area (Å²) in [5.41, 5.74) is 5.56. The molecule has 14 heteroatoms. The lowest BCUT2D eigenvalue weighted by Crippen LogP contribution is -2.18. The summed E-state index contributed by atoms with van der Waals surface area (Å²) in [6, 6.07) is 31.3. The van der Waals surface area contributed by atoms with Crippen LogP contribution in [0.4, 0.5) is 86.8 Å². The van der Waals surface area contributed by atoms with Crippen molar-refractivity contribution in [1.29, 1.82) is 0 Å². The van der Waals surface area contributed by atoms with Gasteiger partial charge in [0.2, 0.25) is 0 Å². The van der Waals surface area contributed by atoms with Crippen LogP contribution in [0.5, 0.6) is 0 Å². The second-order valence-corrected chi connectivity index (χ2v) is 18.0. The van der Waals surface area contributed by atoms with Gasteiger partial charge in [-0.3, -0.25) is 0 Å². The Bertz CT molecular complexity index is 2930. The highest BCUT2D eigenvalue weighted by Gasteiger charge is 2.43. The van der Waals surface area contributed by atoms with Gasteiger partial charge in [-0.1, -0.05) is 33.8 Å². The van der Waals surface area contributed by atoms with Crippen molar-refractivity contribution in [2.45, 2.75) is 70.2 Å². The first kappa shape index (κ1) is 45.5. The van der Waals surface area contributed by atoms with Crippen molar-refractivity contribution < 1.29 is 52.7 Å². The van der Waals surface area contributed by atoms with E-state index in [4.69, 9.17) is 0 Å². The largest absolute Gasteiger partial charge is 0.416 e. The van der Waals surface area contributed by atoms with E-state index in [9.17, 15) is 52.7 Å². The quantitative estimate of drug-likeness (QED) is 0.153. The third-order valence-electron chi connectivity index (χ3n) is 13.1. The van der Waals surface area contributed by atoms with Crippen LogP contribution in [0.3, 0.4) is 0 Å². The minimum atomic E-state index is -4.61. The molecule has 0 N–H and O–H groups in total. The number of fused-ring (bicyclic) bond motifs is 6. The van der Waals surface area contributed by atoms with E-state index in [-0.39, 0.29) is 0 Å². The van der Waals surface area contributed by atoms with Crippen LogP contribution >= 0.6 is 0 Å². The number of hydrogen-bond acceptors (Lipinski definition) is 2. The maximum atomic E-state index is 13.6. The highest BCUT2D eigenvalue weighted by Crippen LogP contribution is 2.58. The summed E-state index contributed by atoms with van der Waals surface area (Å²) in [7, 11) is 0. The first-order valence-corrected chi connectivity index (χ1v) is 20.9. The topological polar surface area (TPSA) is 6.48 Å². The van der Waals surface area contributed by atoms with Crippen molar-refractivity contribution >= 4 is 34.1 Å². The Morgan fingerprint density at radius 2 is 0.612 bits per heavy atom. The zero-order chi connectivity index (χ0) is 48.4. The van der Waals surface area contributed by atoms with Crippen molar-refractivity contribution in [2.24, 2.45) is 0 Å². The predicted octanol–water partition coefficient (Wildman–Crippen LogP) is 17.6. The lowest BCUT2D eigenvalue weighted by molar-refractivity contribution is -0.138. The predicted molar refractivity (Wildman–Crippen MR) is 236 cm³/mol. The Morgan fingerprint density at radius 3 is 1.00 bits per heavy atom. The fourth-order valence-corrected chi connectivity index (χ4v) is 9.62. The molecule has 0 radical (unpaired) electrons. The van der Waals surface area contributed by atoms with Gasteiger partial charge in [0.15, 0.2) is 0 Å². The Kier molecular flexibility index (Phi) is 10.3. The van der Waals surface area contributed by atoms with E-state index >= 15 is 0 Å². The minimum absolute atomic E-state index is 0.295. The molecule has 0 aromatic heterocycles. The number of anilines is 6. The molecule has 2 aliphatic rings. The number of rotatable bonds is 6. The monoisotopic (exact) mass is 930 g/mol. The standard InChI is InChI=1S/C53H38F12N2/c1-29-24-39(67(36-18-10-32(11-19-36)52(60,61)62)37-20-12-33(13-21-37)53(63,64)65)26-46-47(29)42-28-44-41(27-45(42)49(46,4)5)40-23-22-38(25-43(40)48(44,2)3)66(34-14-6-30(7-15-34)50(54,55)56)35-16-8-31(9-17-35)51(57,58)59/h6-28H,1-5H3. The van der Waals surface area contributed by atoms with Gasteiger partial charge < -0.3 is 9.80 Å². The number of nitrogens with zero attached hydrogens (tertiary/aromatic N) is 2. The lowest BCUT2D eigenvalue weighted by atomic mass is 9.79. The average molecular weight is 931 g/mol. The van der Waals surface area contributed by atoms with E-state index in [1.165, 1.54) is 48.5 Å². The second kappa shape index (κ2) is 15.2. The Hall–Kier alpha value is -6.70. The first-order chi connectivity index (χ1) is 31.2. The van der Waals surface area contributed by atoms with Gasteiger partial charge in [-0.05, 0) is 190 Å². The Balaban J connectivity index is 1.14. The van der Waals surface area contributed by atoms with E-state index in [1.54, 1.807) is 15.9 Å². The van der Waals surface area contributed by atoms with E-state index in [0.29, 0.717) is 34.1 Å². The minimum Gasteiger partial charge on any atom is -0.310 e. The first-order valence-electron chi connectivity index (χ1n) is 20.9. The van der Waals surface area contributed by atoms with Gasteiger partial charge in [-0.25, -0.2) is 0 Å². The molecular weight excluding hydrogens is 893 g/mol. The van der Waals surface area contributed by atoms with E-state index in [1.807, 2.05) is 58.9 Å². The smallest absolute Gasteiger partial charge is 0.310 e. The van der Waals surface area contributed by atoms with Crippen LogP contribution in [0.2, 0.25) is 0 Å². The average Bonchev–Trinajstić information content (AvgIpc) is 3.61. The number of aryl methyl sites for hydroxylation is 1. The Morgan fingerprint density at radius 1 is 0.313 bits per heavy atom. The second-order valence-electron chi connectivity index (χ2n) is 18.0. The fraction of sp³-hybridized carbons (Fsp3) is 0.208. The van der Waals surface area contributed by atoms with Gasteiger partial charge in [0.1, 0.15) is 0 Å². The van der Waals surface area contributed by atoms with Crippen molar-refractivity contribution in [2.75, 3.05) is 9.80 Å². The van der Waals surface area contributed by atoms with Crippen LogP contribution < -0.4 is 9.80 Å². The van der Waals surface area contributed by atoms with Gasteiger partial charge in [-0.2, -0.15) is 52.7 Å². The molecule has 0 fully saturated rings. The summed E-state index contributed by atoms with van der Waals surface area (Å²) < 4.78 is 163. The number of hydrogen-bond donors (Lipinski definition) is 0. The molecule has 67 heavy (non-hydrogen) atoms. The summed E-state index contributed by atoms with van der Waals surface area (Å²) in [5, 5.41) is 0.